The Balaban J connectivity index is 1.87. The van der Waals surface area contributed by atoms with E-state index in [1.165, 1.54) is 0 Å². The van der Waals surface area contributed by atoms with Crippen molar-refractivity contribution in [1.29, 1.82) is 0 Å². The van der Waals surface area contributed by atoms with E-state index in [-0.39, 0.29) is 12.5 Å². The second kappa shape index (κ2) is 7.57. The summed E-state index contributed by atoms with van der Waals surface area (Å²) in [6.45, 7) is 2.89. The fourth-order valence-corrected chi connectivity index (χ4v) is 2.91. The molecule has 2 aromatic rings. The fraction of sp³-hybridized carbons (Fsp3) is 0.222. The van der Waals surface area contributed by atoms with Crippen molar-refractivity contribution in [2.75, 3.05) is 25.1 Å². The summed E-state index contributed by atoms with van der Waals surface area (Å²) < 4.78 is 16.6. The highest BCUT2D eigenvalue weighted by atomic mass is 79.9. The largest absolute Gasteiger partial charge is 0.486 e. The van der Waals surface area contributed by atoms with E-state index in [1.54, 1.807) is 43.3 Å². The van der Waals surface area contributed by atoms with Crippen LogP contribution in [-0.4, -0.2) is 31.7 Å². The summed E-state index contributed by atoms with van der Waals surface area (Å²) in [7, 11) is 0. The first-order chi connectivity index (χ1) is 12.1. The molecule has 0 saturated heterocycles. The molecule has 0 fully saturated rings. The molecule has 1 aliphatic rings. The van der Waals surface area contributed by atoms with Crippen LogP contribution in [0.15, 0.2) is 40.9 Å². The fourth-order valence-electron chi connectivity index (χ4n) is 2.41. The number of hydrogen-bond acceptors (Lipinski definition) is 5. The van der Waals surface area contributed by atoms with E-state index in [0.29, 0.717) is 46.0 Å². The number of ether oxygens (including phenoxy) is 3. The average Bonchev–Trinajstić information content (AvgIpc) is 2.61. The minimum atomic E-state index is -0.486. The van der Waals surface area contributed by atoms with Gasteiger partial charge in [0.05, 0.1) is 23.4 Å². The van der Waals surface area contributed by atoms with Gasteiger partial charge in [0.2, 0.25) is 0 Å². The maximum Gasteiger partial charge on any atom is 0.340 e. The number of hydrogen-bond donors (Lipinski definition) is 1. The molecule has 25 heavy (non-hydrogen) atoms. The summed E-state index contributed by atoms with van der Waals surface area (Å²) in [6.07, 6.45) is 0. The number of rotatable bonds is 4. The van der Waals surface area contributed by atoms with Gasteiger partial charge in [0.1, 0.15) is 13.2 Å². The molecular weight excluding hydrogens is 390 g/mol. The normalized spacial score (nSPS) is 12.4. The molecule has 1 aliphatic heterocycles. The zero-order valence-electron chi connectivity index (χ0n) is 13.5. The number of benzene rings is 2. The molecule has 130 valence electrons. The van der Waals surface area contributed by atoms with Crippen LogP contribution in [0, 0.1) is 0 Å². The predicted molar refractivity (Wildman–Crippen MR) is 95.5 cm³/mol. The first-order valence-electron chi connectivity index (χ1n) is 7.76. The molecule has 0 spiro atoms. The van der Waals surface area contributed by atoms with E-state index in [0.717, 1.165) is 0 Å². The Kier molecular flexibility index (Phi) is 5.23. The molecular formula is C18H16BrNO5. The molecule has 0 bridgehead atoms. The third kappa shape index (κ3) is 3.76. The monoisotopic (exact) mass is 405 g/mol. The lowest BCUT2D eigenvalue weighted by Gasteiger charge is -2.20. The molecule has 2 aromatic carbocycles. The van der Waals surface area contributed by atoms with Gasteiger partial charge < -0.3 is 19.5 Å². The number of nitrogens with one attached hydrogen (secondary N) is 1. The summed E-state index contributed by atoms with van der Waals surface area (Å²) >= 11 is 3.37. The molecule has 0 saturated carbocycles. The molecule has 3 rings (SSSR count). The summed E-state index contributed by atoms with van der Waals surface area (Å²) in [6, 6.07) is 10.0. The third-order valence-corrected chi connectivity index (χ3v) is 4.20. The molecule has 0 atom stereocenters. The van der Waals surface area contributed by atoms with Crippen LogP contribution in [0.2, 0.25) is 0 Å². The van der Waals surface area contributed by atoms with Gasteiger partial charge in [-0.05, 0) is 47.1 Å². The van der Waals surface area contributed by atoms with Crippen molar-refractivity contribution in [3.05, 3.63) is 52.0 Å². The summed E-state index contributed by atoms with van der Waals surface area (Å²) in [4.78, 5) is 24.7. The quantitative estimate of drug-likeness (QED) is 0.785. The van der Waals surface area contributed by atoms with Crippen LogP contribution in [0.25, 0.3) is 0 Å². The Bertz CT molecular complexity index is 821. The number of para-hydroxylation sites is 1. The first-order valence-corrected chi connectivity index (χ1v) is 8.56. The van der Waals surface area contributed by atoms with Crippen molar-refractivity contribution >= 4 is 33.5 Å². The van der Waals surface area contributed by atoms with Gasteiger partial charge in [0.15, 0.2) is 11.5 Å². The highest BCUT2D eigenvalue weighted by Crippen LogP contribution is 2.35. The third-order valence-electron chi connectivity index (χ3n) is 3.55. The number of esters is 1. The molecule has 6 nitrogen and oxygen atoms in total. The lowest BCUT2D eigenvalue weighted by Crippen LogP contribution is -2.19. The number of fused-ring (bicyclic) bond motifs is 1. The minimum absolute atomic E-state index is 0.259. The van der Waals surface area contributed by atoms with Crippen LogP contribution in [0.4, 0.5) is 5.69 Å². The van der Waals surface area contributed by atoms with E-state index in [2.05, 4.69) is 21.2 Å². The Hall–Kier alpha value is -2.54. The van der Waals surface area contributed by atoms with Crippen LogP contribution < -0.4 is 14.8 Å². The van der Waals surface area contributed by atoms with Gasteiger partial charge in [0.25, 0.3) is 5.91 Å². The highest BCUT2D eigenvalue weighted by Gasteiger charge is 2.20. The lowest BCUT2D eigenvalue weighted by atomic mass is 10.1. The van der Waals surface area contributed by atoms with E-state index < -0.39 is 5.97 Å². The van der Waals surface area contributed by atoms with Crippen molar-refractivity contribution < 1.29 is 23.8 Å². The van der Waals surface area contributed by atoms with Crippen LogP contribution in [0.3, 0.4) is 0 Å². The Morgan fingerprint density at radius 2 is 1.80 bits per heavy atom. The standard InChI is InChI=1S/C18H16BrNO5/c1-2-23-18(22)11-5-3-4-6-14(11)20-17(21)12-9-15-16(10-13(12)19)25-8-7-24-15/h3-6,9-10H,2,7-8H2,1H3,(H,20,21). The number of amides is 1. The maximum atomic E-state index is 12.7. The van der Waals surface area contributed by atoms with Gasteiger partial charge in [-0.1, -0.05) is 12.1 Å². The zero-order chi connectivity index (χ0) is 17.8. The number of anilines is 1. The van der Waals surface area contributed by atoms with Gasteiger partial charge >= 0.3 is 5.97 Å². The second-order valence-corrected chi connectivity index (χ2v) is 6.05. The molecule has 1 amide bonds. The molecule has 1 heterocycles. The van der Waals surface area contributed by atoms with Gasteiger partial charge in [0, 0.05) is 4.47 Å². The summed E-state index contributed by atoms with van der Waals surface area (Å²) in [5.41, 5.74) is 1.06. The minimum Gasteiger partial charge on any atom is -0.486 e. The van der Waals surface area contributed by atoms with Crippen LogP contribution >= 0.6 is 15.9 Å². The maximum absolute atomic E-state index is 12.7. The first kappa shape index (κ1) is 17.3. The van der Waals surface area contributed by atoms with Gasteiger partial charge in [-0.2, -0.15) is 0 Å². The van der Waals surface area contributed by atoms with Crippen molar-refractivity contribution in [3.8, 4) is 11.5 Å². The summed E-state index contributed by atoms with van der Waals surface area (Å²) in [5.74, 6) is 0.236. The van der Waals surface area contributed by atoms with Gasteiger partial charge in [-0.25, -0.2) is 4.79 Å². The Morgan fingerprint density at radius 1 is 1.12 bits per heavy atom. The van der Waals surface area contributed by atoms with Crippen molar-refractivity contribution in [3.63, 3.8) is 0 Å². The molecule has 1 N–H and O–H groups in total. The SMILES string of the molecule is CCOC(=O)c1ccccc1NC(=O)c1cc2c(cc1Br)OCCO2. The highest BCUT2D eigenvalue weighted by molar-refractivity contribution is 9.10. The Labute approximate surface area is 153 Å². The van der Waals surface area contributed by atoms with E-state index >= 15 is 0 Å². The molecule has 0 aromatic heterocycles. The van der Waals surface area contributed by atoms with Crippen LogP contribution in [0.1, 0.15) is 27.6 Å². The molecule has 0 radical (unpaired) electrons. The van der Waals surface area contributed by atoms with Crippen molar-refractivity contribution in [2.45, 2.75) is 6.92 Å². The zero-order valence-corrected chi connectivity index (χ0v) is 15.1. The van der Waals surface area contributed by atoms with E-state index in [4.69, 9.17) is 14.2 Å². The topological polar surface area (TPSA) is 73.9 Å². The van der Waals surface area contributed by atoms with E-state index in [1.807, 2.05) is 0 Å². The van der Waals surface area contributed by atoms with Crippen LogP contribution in [0.5, 0.6) is 11.5 Å². The number of carbonyl (C=O) groups is 2. The molecule has 0 aliphatic carbocycles. The summed E-state index contributed by atoms with van der Waals surface area (Å²) in [5, 5.41) is 2.75. The molecule has 0 unspecified atom stereocenters. The Morgan fingerprint density at radius 3 is 2.52 bits per heavy atom. The van der Waals surface area contributed by atoms with Gasteiger partial charge in [-0.3, -0.25) is 4.79 Å². The lowest BCUT2D eigenvalue weighted by molar-refractivity contribution is 0.0527. The van der Waals surface area contributed by atoms with Crippen LogP contribution in [-0.2, 0) is 4.74 Å². The number of carbonyl (C=O) groups excluding carboxylic acids is 2. The number of halogens is 1. The predicted octanol–water partition coefficient (Wildman–Crippen LogP) is 3.65. The van der Waals surface area contributed by atoms with Gasteiger partial charge in [-0.15, -0.1) is 0 Å². The second-order valence-electron chi connectivity index (χ2n) is 5.20. The van der Waals surface area contributed by atoms with Crippen molar-refractivity contribution in [2.24, 2.45) is 0 Å². The van der Waals surface area contributed by atoms with Crippen molar-refractivity contribution in [1.82, 2.24) is 0 Å². The molecule has 7 heteroatoms. The van der Waals surface area contributed by atoms with E-state index in [9.17, 15) is 9.59 Å². The average molecular weight is 406 g/mol. The smallest absolute Gasteiger partial charge is 0.340 e.